The van der Waals surface area contributed by atoms with Crippen molar-refractivity contribution >= 4 is 46.4 Å². The van der Waals surface area contributed by atoms with Crippen molar-refractivity contribution in [3.8, 4) is 11.5 Å². The Morgan fingerprint density at radius 3 is 1.69 bits per heavy atom. The number of benzene rings is 2. The largest absolute Gasteiger partial charge is 0.505 e. The molecule has 0 spiro atoms. The minimum Gasteiger partial charge on any atom is -0.505 e. The van der Waals surface area contributed by atoms with Gasteiger partial charge in [0.05, 0.1) is 20.1 Å². The lowest BCUT2D eigenvalue weighted by atomic mass is 9.62. The Hall–Kier alpha value is -0.800. The van der Waals surface area contributed by atoms with Gasteiger partial charge in [0.15, 0.2) is 11.5 Å². The molecule has 2 aromatic carbocycles. The molecular weight excluding hydrogens is 414 g/mol. The Bertz CT molecular complexity index is 731. The van der Waals surface area contributed by atoms with E-state index in [0.29, 0.717) is 5.92 Å². The molecule has 6 heteroatoms. The first kappa shape index (κ1) is 19.9. The van der Waals surface area contributed by atoms with Gasteiger partial charge >= 0.3 is 0 Å². The second-order valence-electron chi connectivity index (χ2n) is 7.03. The van der Waals surface area contributed by atoms with Crippen LogP contribution in [-0.2, 0) is 5.41 Å². The molecule has 0 heterocycles. The molecule has 0 radical (unpaired) electrons. The molecule has 0 saturated heterocycles. The quantitative estimate of drug-likeness (QED) is 0.523. The molecule has 2 N–H and O–H groups in total. The van der Waals surface area contributed by atoms with E-state index in [4.69, 9.17) is 46.4 Å². The summed E-state index contributed by atoms with van der Waals surface area (Å²) in [5, 5.41) is 20.8. The molecule has 2 nitrogen and oxygen atoms in total. The molecule has 0 bridgehead atoms. The van der Waals surface area contributed by atoms with Crippen LogP contribution in [0.3, 0.4) is 0 Å². The molecule has 0 aromatic heterocycles. The topological polar surface area (TPSA) is 40.5 Å². The zero-order valence-corrected chi connectivity index (χ0v) is 17.4. The summed E-state index contributed by atoms with van der Waals surface area (Å²) in [6.45, 7) is 2.19. The zero-order chi connectivity index (χ0) is 19.1. The van der Waals surface area contributed by atoms with E-state index in [1.54, 1.807) is 24.3 Å². The Balaban J connectivity index is 2.24. The van der Waals surface area contributed by atoms with Gasteiger partial charge < -0.3 is 10.2 Å². The highest BCUT2D eigenvalue weighted by Crippen LogP contribution is 2.51. The SMILES string of the molecule is CCC1CCCC(c2cc(Cl)c(O)c(Cl)c2)(c2cc(Cl)c(O)c(Cl)c2)C1. The van der Waals surface area contributed by atoms with Crippen molar-refractivity contribution in [3.05, 3.63) is 55.5 Å². The van der Waals surface area contributed by atoms with Crippen LogP contribution in [0.15, 0.2) is 24.3 Å². The van der Waals surface area contributed by atoms with E-state index in [1.165, 1.54) is 0 Å². The maximum Gasteiger partial charge on any atom is 0.152 e. The molecule has 1 unspecified atom stereocenters. The van der Waals surface area contributed by atoms with E-state index in [1.807, 2.05) is 0 Å². The molecule has 1 aliphatic rings. The average molecular weight is 434 g/mol. The first-order valence-electron chi connectivity index (χ1n) is 8.65. The molecule has 140 valence electrons. The summed E-state index contributed by atoms with van der Waals surface area (Å²) in [6, 6.07) is 7.09. The molecule has 1 aliphatic carbocycles. The zero-order valence-electron chi connectivity index (χ0n) is 14.3. The minimum absolute atomic E-state index is 0.114. The summed E-state index contributed by atoms with van der Waals surface area (Å²) in [5.41, 5.74) is 1.49. The van der Waals surface area contributed by atoms with Crippen LogP contribution in [0.2, 0.25) is 20.1 Å². The second-order valence-corrected chi connectivity index (χ2v) is 8.66. The van der Waals surface area contributed by atoms with Crippen molar-refractivity contribution in [2.75, 3.05) is 0 Å². The monoisotopic (exact) mass is 432 g/mol. The molecule has 1 saturated carbocycles. The van der Waals surface area contributed by atoms with Crippen molar-refractivity contribution < 1.29 is 10.2 Å². The van der Waals surface area contributed by atoms with Gasteiger partial charge in [0.1, 0.15) is 0 Å². The Kier molecular flexibility index (Phi) is 5.89. The summed E-state index contributed by atoms with van der Waals surface area (Å²) in [6.07, 6.45) is 5.07. The fourth-order valence-electron chi connectivity index (χ4n) is 4.11. The third-order valence-corrected chi connectivity index (χ3v) is 6.72. The predicted molar refractivity (Wildman–Crippen MR) is 109 cm³/mol. The number of halogens is 4. The average Bonchev–Trinajstić information content (AvgIpc) is 2.63. The van der Waals surface area contributed by atoms with E-state index in [0.717, 1.165) is 43.2 Å². The fraction of sp³-hybridized carbons (Fsp3) is 0.400. The molecule has 0 amide bonds. The van der Waals surface area contributed by atoms with Crippen molar-refractivity contribution in [2.24, 2.45) is 5.92 Å². The number of rotatable bonds is 3. The van der Waals surface area contributed by atoms with Crippen molar-refractivity contribution in [1.82, 2.24) is 0 Å². The molecular formula is C20H20Cl4O2. The molecule has 2 aromatic rings. The third kappa shape index (κ3) is 3.49. The van der Waals surface area contributed by atoms with Crippen LogP contribution < -0.4 is 0 Å². The van der Waals surface area contributed by atoms with Gasteiger partial charge in [0.2, 0.25) is 0 Å². The number of hydrogen-bond donors (Lipinski definition) is 2. The second kappa shape index (κ2) is 7.67. The van der Waals surface area contributed by atoms with Crippen molar-refractivity contribution in [1.29, 1.82) is 0 Å². The molecule has 1 fully saturated rings. The van der Waals surface area contributed by atoms with Gasteiger partial charge in [0.25, 0.3) is 0 Å². The van der Waals surface area contributed by atoms with Crippen molar-refractivity contribution in [2.45, 2.75) is 44.4 Å². The minimum atomic E-state index is -0.374. The Labute approximate surface area is 173 Å². The third-order valence-electron chi connectivity index (χ3n) is 5.57. The number of hydrogen-bond acceptors (Lipinski definition) is 2. The van der Waals surface area contributed by atoms with Gasteiger partial charge in [-0.15, -0.1) is 0 Å². The lowest BCUT2D eigenvalue weighted by Crippen LogP contribution is -2.34. The van der Waals surface area contributed by atoms with Crippen LogP contribution in [0, 0.1) is 5.92 Å². The van der Waals surface area contributed by atoms with Crippen LogP contribution in [0.4, 0.5) is 0 Å². The van der Waals surface area contributed by atoms with Crippen LogP contribution in [-0.4, -0.2) is 10.2 Å². The smallest absolute Gasteiger partial charge is 0.152 e. The Morgan fingerprint density at radius 2 is 1.31 bits per heavy atom. The van der Waals surface area contributed by atoms with Gasteiger partial charge in [0, 0.05) is 5.41 Å². The van der Waals surface area contributed by atoms with Gasteiger partial charge in [-0.3, -0.25) is 0 Å². The van der Waals surface area contributed by atoms with Crippen LogP contribution in [0.25, 0.3) is 0 Å². The highest BCUT2D eigenvalue weighted by atomic mass is 35.5. The number of phenolic OH excluding ortho intramolecular Hbond substituents is 2. The molecule has 1 atom stereocenters. The lowest BCUT2D eigenvalue weighted by molar-refractivity contribution is 0.251. The highest BCUT2D eigenvalue weighted by Gasteiger charge is 2.40. The van der Waals surface area contributed by atoms with E-state index in [9.17, 15) is 10.2 Å². The lowest BCUT2D eigenvalue weighted by Gasteiger charge is -2.42. The van der Waals surface area contributed by atoms with Crippen LogP contribution in [0.5, 0.6) is 11.5 Å². The summed E-state index contributed by atoms with van der Waals surface area (Å²) >= 11 is 24.9. The van der Waals surface area contributed by atoms with Gasteiger partial charge in [-0.05, 0) is 54.2 Å². The standard InChI is InChI=1S/C20H20Cl4O2/c1-2-11-4-3-5-20(10-11,12-6-14(21)18(25)15(22)7-12)13-8-16(23)19(26)17(24)9-13/h6-9,11,25-26H,2-5,10H2,1H3. The van der Waals surface area contributed by atoms with Crippen LogP contribution >= 0.6 is 46.4 Å². The van der Waals surface area contributed by atoms with E-state index in [2.05, 4.69) is 6.92 Å². The fourth-order valence-corrected chi connectivity index (χ4v) is 5.09. The first-order chi connectivity index (χ1) is 12.3. The maximum absolute atomic E-state index is 9.97. The first-order valence-corrected chi connectivity index (χ1v) is 10.2. The molecule has 26 heavy (non-hydrogen) atoms. The summed E-state index contributed by atoms with van der Waals surface area (Å²) in [4.78, 5) is 0. The predicted octanol–water partition coefficient (Wildman–Crippen LogP) is 7.60. The van der Waals surface area contributed by atoms with Gasteiger partial charge in [-0.25, -0.2) is 0 Å². The normalized spacial score (nSPS) is 19.5. The highest BCUT2D eigenvalue weighted by molar-refractivity contribution is 6.37. The Morgan fingerprint density at radius 1 is 0.885 bits per heavy atom. The van der Waals surface area contributed by atoms with E-state index >= 15 is 0 Å². The summed E-state index contributed by atoms with van der Waals surface area (Å²) in [5.74, 6) is 0.315. The van der Waals surface area contributed by atoms with E-state index in [-0.39, 0.29) is 37.0 Å². The number of phenols is 2. The maximum atomic E-state index is 9.97. The summed E-state index contributed by atoms with van der Waals surface area (Å²) in [7, 11) is 0. The molecule has 0 aliphatic heterocycles. The van der Waals surface area contributed by atoms with E-state index < -0.39 is 0 Å². The summed E-state index contributed by atoms with van der Waals surface area (Å²) < 4.78 is 0. The van der Waals surface area contributed by atoms with Gasteiger partial charge in [-0.1, -0.05) is 72.6 Å². The van der Waals surface area contributed by atoms with Crippen LogP contribution in [0.1, 0.15) is 50.2 Å². The van der Waals surface area contributed by atoms with Gasteiger partial charge in [-0.2, -0.15) is 0 Å². The van der Waals surface area contributed by atoms with Crippen molar-refractivity contribution in [3.63, 3.8) is 0 Å². The molecule has 3 rings (SSSR count). The number of aromatic hydroxyl groups is 2.